The Morgan fingerprint density at radius 2 is 1.67 bits per heavy atom. The van der Waals surface area contributed by atoms with Crippen LogP contribution in [0.25, 0.3) is 0 Å². The number of hydrogen-bond acceptors (Lipinski definition) is 4. The molecule has 0 fully saturated rings. The van der Waals surface area contributed by atoms with Crippen molar-refractivity contribution in [3.05, 3.63) is 42.5 Å². The number of carbonyl (C=O) groups is 2. The maximum Gasteiger partial charge on any atom is 0.336 e. The molecule has 114 valence electrons. The largest absolute Gasteiger partial charge is 0.463 e. The van der Waals surface area contributed by atoms with Gasteiger partial charge in [-0.15, -0.1) is 0 Å². The minimum Gasteiger partial charge on any atom is -0.463 e. The van der Waals surface area contributed by atoms with Gasteiger partial charge in [0.05, 0.1) is 6.61 Å². The van der Waals surface area contributed by atoms with Crippen LogP contribution in [-0.2, 0) is 14.3 Å². The monoisotopic (exact) mass is 306 g/mol. The van der Waals surface area contributed by atoms with Gasteiger partial charge >= 0.3 is 11.9 Å². The topological polar surface area (TPSA) is 52.6 Å². The summed E-state index contributed by atoms with van der Waals surface area (Å²) in [5.41, 5.74) is 0. The van der Waals surface area contributed by atoms with Gasteiger partial charge in [0.25, 0.3) is 0 Å². The first-order chi connectivity index (χ1) is 9.87. The van der Waals surface area contributed by atoms with Gasteiger partial charge in [-0.3, -0.25) is 0 Å². The molecule has 0 aliphatic rings. The Kier molecular flexibility index (Phi) is 6.88. The quantitative estimate of drug-likeness (QED) is 0.255. The standard InChI is InChI=1S/C16H22O4Si/c1-21(2,3)13-7-12-19-15(17)10-11-16(18)20-14-8-5-4-6-9-14/h4-6,8-11H,7,12-13H2,1-3H3. The van der Waals surface area contributed by atoms with Crippen LogP contribution in [0.1, 0.15) is 6.42 Å². The van der Waals surface area contributed by atoms with Crippen LogP contribution < -0.4 is 4.74 Å². The molecule has 21 heavy (non-hydrogen) atoms. The second-order valence-electron chi connectivity index (χ2n) is 5.90. The van der Waals surface area contributed by atoms with Gasteiger partial charge in [0.15, 0.2) is 0 Å². The van der Waals surface area contributed by atoms with E-state index >= 15 is 0 Å². The lowest BCUT2D eigenvalue weighted by Crippen LogP contribution is -2.20. The Morgan fingerprint density at radius 1 is 1.05 bits per heavy atom. The molecule has 0 saturated carbocycles. The average molecular weight is 306 g/mol. The Balaban J connectivity index is 2.26. The van der Waals surface area contributed by atoms with Crippen LogP contribution in [0.15, 0.2) is 42.5 Å². The van der Waals surface area contributed by atoms with Gasteiger partial charge in [-0.05, 0) is 18.6 Å². The van der Waals surface area contributed by atoms with Gasteiger partial charge in [-0.25, -0.2) is 9.59 Å². The molecule has 4 nitrogen and oxygen atoms in total. The molecule has 0 aromatic heterocycles. The smallest absolute Gasteiger partial charge is 0.336 e. The van der Waals surface area contributed by atoms with Crippen LogP contribution in [0.4, 0.5) is 0 Å². The lowest BCUT2D eigenvalue weighted by molar-refractivity contribution is -0.138. The van der Waals surface area contributed by atoms with Gasteiger partial charge in [0.2, 0.25) is 0 Å². The van der Waals surface area contributed by atoms with Crippen molar-refractivity contribution in [2.75, 3.05) is 6.61 Å². The van der Waals surface area contributed by atoms with Crippen molar-refractivity contribution in [2.24, 2.45) is 0 Å². The van der Waals surface area contributed by atoms with Gasteiger partial charge in [0, 0.05) is 20.2 Å². The van der Waals surface area contributed by atoms with Crippen molar-refractivity contribution in [1.82, 2.24) is 0 Å². The maximum absolute atomic E-state index is 11.5. The van der Waals surface area contributed by atoms with Crippen LogP contribution in [0.3, 0.4) is 0 Å². The van der Waals surface area contributed by atoms with E-state index in [1.165, 1.54) is 0 Å². The molecule has 5 heteroatoms. The van der Waals surface area contributed by atoms with E-state index in [2.05, 4.69) is 19.6 Å². The normalized spacial score (nSPS) is 11.4. The second-order valence-corrected chi connectivity index (χ2v) is 11.5. The number of benzene rings is 1. The summed E-state index contributed by atoms with van der Waals surface area (Å²) >= 11 is 0. The Bertz CT molecular complexity index is 489. The highest BCUT2D eigenvalue weighted by molar-refractivity contribution is 6.76. The molecule has 0 amide bonds. The van der Waals surface area contributed by atoms with Crippen molar-refractivity contribution in [1.29, 1.82) is 0 Å². The van der Waals surface area contributed by atoms with E-state index in [9.17, 15) is 9.59 Å². The summed E-state index contributed by atoms with van der Waals surface area (Å²) in [4.78, 5) is 22.9. The molecular formula is C16H22O4Si. The van der Waals surface area contributed by atoms with Gasteiger partial charge in [-0.2, -0.15) is 0 Å². The minimum absolute atomic E-state index is 0.390. The molecule has 0 N–H and O–H groups in total. The van der Waals surface area contributed by atoms with Crippen molar-refractivity contribution in [3.63, 3.8) is 0 Å². The molecule has 1 rings (SSSR count). The number of hydrogen-bond donors (Lipinski definition) is 0. The predicted octanol–water partition coefficient (Wildman–Crippen LogP) is 3.42. The van der Waals surface area contributed by atoms with Gasteiger partial charge in [-0.1, -0.05) is 43.9 Å². The number of carbonyl (C=O) groups excluding carboxylic acids is 2. The molecule has 0 atom stereocenters. The summed E-state index contributed by atoms with van der Waals surface area (Å²) in [6.07, 6.45) is 3.04. The van der Waals surface area contributed by atoms with Crippen LogP contribution in [0.2, 0.25) is 25.7 Å². The molecule has 0 bridgehead atoms. The van der Waals surface area contributed by atoms with Crippen molar-refractivity contribution < 1.29 is 19.1 Å². The molecule has 1 aromatic carbocycles. The molecule has 0 saturated heterocycles. The first kappa shape index (κ1) is 17.2. The van der Waals surface area contributed by atoms with Crippen LogP contribution in [0, 0.1) is 0 Å². The van der Waals surface area contributed by atoms with Crippen molar-refractivity contribution in [3.8, 4) is 5.75 Å². The Morgan fingerprint density at radius 3 is 2.29 bits per heavy atom. The molecule has 0 heterocycles. The van der Waals surface area contributed by atoms with E-state index in [0.29, 0.717) is 12.4 Å². The SMILES string of the molecule is C[Si](C)(C)CCCOC(=O)C=CC(=O)Oc1ccccc1. The molecule has 0 aliphatic heterocycles. The fourth-order valence-electron chi connectivity index (χ4n) is 1.60. The van der Waals surface area contributed by atoms with Crippen LogP contribution >= 0.6 is 0 Å². The highest BCUT2D eigenvalue weighted by Crippen LogP contribution is 2.11. The fourth-order valence-corrected chi connectivity index (χ4v) is 2.80. The van der Waals surface area contributed by atoms with E-state index in [-0.39, 0.29) is 0 Å². The van der Waals surface area contributed by atoms with Crippen LogP contribution in [0.5, 0.6) is 5.75 Å². The van der Waals surface area contributed by atoms with E-state index in [1.807, 2.05) is 6.07 Å². The average Bonchev–Trinajstić information content (AvgIpc) is 2.41. The first-order valence-electron chi connectivity index (χ1n) is 6.98. The van der Waals surface area contributed by atoms with E-state index in [4.69, 9.17) is 9.47 Å². The zero-order valence-corrected chi connectivity index (χ0v) is 13.8. The van der Waals surface area contributed by atoms with E-state index < -0.39 is 20.0 Å². The predicted molar refractivity (Wildman–Crippen MR) is 84.9 cm³/mol. The van der Waals surface area contributed by atoms with Gasteiger partial charge in [0.1, 0.15) is 5.75 Å². The third kappa shape index (κ3) is 8.81. The lowest BCUT2D eigenvalue weighted by Gasteiger charge is -2.14. The minimum atomic E-state index is -1.09. The number of rotatable bonds is 7. The van der Waals surface area contributed by atoms with Crippen molar-refractivity contribution >= 4 is 20.0 Å². The summed E-state index contributed by atoms with van der Waals surface area (Å²) in [6, 6.07) is 9.80. The zero-order chi connectivity index (χ0) is 15.7. The first-order valence-corrected chi connectivity index (χ1v) is 10.7. The third-order valence-corrected chi connectivity index (χ3v) is 4.49. The van der Waals surface area contributed by atoms with E-state index in [1.54, 1.807) is 24.3 Å². The molecule has 0 unspecified atom stereocenters. The number of esters is 2. The highest BCUT2D eigenvalue weighted by atomic mass is 28.3. The Labute approximate surface area is 126 Å². The summed E-state index contributed by atoms with van der Waals surface area (Å²) in [7, 11) is -1.09. The number of ether oxygens (including phenoxy) is 2. The molecule has 0 radical (unpaired) electrons. The summed E-state index contributed by atoms with van der Waals surface area (Å²) in [5, 5.41) is 0. The molecule has 1 aromatic rings. The lowest BCUT2D eigenvalue weighted by atomic mass is 10.3. The third-order valence-electron chi connectivity index (χ3n) is 2.63. The fraction of sp³-hybridized carbons (Fsp3) is 0.375. The van der Waals surface area contributed by atoms with Crippen LogP contribution in [-0.4, -0.2) is 26.6 Å². The zero-order valence-electron chi connectivity index (χ0n) is 12.8. The number of para-hydroxylation sites is 1. The molecular weight excluding hydrogens is 284 g/mol. The van der Waals surface area contributed by atoms with E-state index in [0.717, 1.165) is 24.6 Å². The van der Waals surface area contributed by atoms with Crippen molar-refractivity contribution in [2.45, 2.75) is 32.1 Å². The second kappa shape index (κ2) is 8.41. The summed E-state index contributed by atoms with van der Waals surface area (Å²) in [6.45, 7) is 7.21. The highest BCUT2D eigenvalue weighted by Gasteiger charge is 2.12. The summed E-state index contributed by atoms with van der Waals surface area (Å²) in [5.74, 6) is -0.675. The maximum atomic E-state index is 11.5. The summed E-state index contributed by atoms with van der Waals surface area (Å²) < 4.78 is 10.0. The Hall–Kier alpha value is -1.88. The van der Waals surface area contributed by atoms with Gasteiger partial charge < -0.3 is 9.47 Å². The molecule has 0 spiro atoms. The molecule has 0 aliphatic carbocycles.